The van der Waals surface area contributed by atoms with Crippen molar-refractivity contribution in [2.24, 2.45) is 22.2 Å². The van der Waals surface area contributed by atoms with Crippen LogP contribution in [0.25, 0.3) is 0 Å². The summed E-state index contributed by atoms with van der Waals surface area (Å²) in [6.45, 7) is 3.23. The van der Waals surface area contributed by atoms with E-state index in [1.54, 1.807) is 0 Å². The summed E-state index contributed by atoms with van der Waals surface area (Å²) < 4.78 is 5.25. The van der Waals surface area contributed by atoms with Crippen molar-refractivity contribution in [2.75, 3.05) is 13.2 Å². The molecule has 0 aliphatic carbocycles. The molecule has 1 atom stereocenters. The molecule has 0 saturated heterocycles. The number of hydrogen-bond donors (Lipinski definition) is 3. The molecule has 0 aromatic carbocycles. The summed E-state index contributed by atoms with van der Waals surface area (Å²) in [4.78, 5) is 15.7. The highest BCUT2D eigenvalue weighted by atomic mass is 35.5. The zero-order valence-electron chi connectivity index (χ0n) is 20.5. The second-order valence-electron chi connectivity index (χ2n) is 8.53. The number of carbonyl (C=O) groups excluding carboxylic acids is 1. The van der Waals surface area contributed by atoms with Crippen molar-refractivity contribution >= 4 is 36.7 Å². The normalized spacial score (nSPS) is 11.2. The number of hydrogen-bond acceptors (Lipinski definition) is 4. The summed E-state index contributed by atoms with van der Waals surface area (Å²) in [6, 6.07) is -0.583. The Balaban J connectivity index is -0.00000420. The average Bonchev–Trinajstić information content (AvgIpc) is 2.72. The van der Waals surface area contributed by atoms with Crippen molar-refractivity contribution in [1.82, 2.24) is 0 Å². The Labute approximate surface area is 210 Å². The van der Waals surface area contributed by atoms with Gasteiger partial charge in [-0.2, -0.15) is 0 Å². The van der Waals surface area contributed by atoms with Crippen LogP contribution < -0.4 is 17.2 Å². The topological polar surface area (TPSA) is 117 Å². The largest absolute Gasteiger partial charge is 0.465 e. The van der Waals surface area contributed by atoms with E-state index in [1.807, 2.05) is 0 Å². The van der Waals surface area contributed by atoms with Crippen LogP contribution in [0.15, 0.2) is 4.99 Å². The summed E-state index contributed by atoms with van der Waals surface area (Å²) in [5.74, 6) is -0.254. The number of rotatable bonds is 22. The molecule has 0 saturated carbocycles. The Morgan fingerprint density at radius 1 is 0.719 bits per heavy atom. The predicted molar refractivity (Wildman–Crippen MR) is 143 cm³/mol. The second-order valence-corrected chi connectivity index (χ2v) is 8.53. The SMILES string of the molecule is CCCCCCCCCCCCCCCCCCOC(=O)[C@@H](N)CCCN=C(N)N.Cl.Cl. The van der Waals surface area contributed by atoms with Gasteiger partial charge in [0.1, 0.15) is 6.04 Å². The average molecular weight is 500 g/mol. The van der Waals surface area contributed by atoms with Gasteiger partial charge in [0, 0.05) is 6.54 Å². The van der Waals surface area contributed by atoms with Crippen LogP contribution in [0.3, 0.4) is 0 Å². The van der Waals surface area contributed by atoms with Crippen LogP contribution in [0.1, 0.15) is 122 Å². The van der Waals surface area contributed by atoms with Gasteiger partial charge in [-0.1, -0.05) is 103 Å². The van der Waals surface area contributed by atoms with Crippen LogP contribution in [-0.2, 0) is 9.53 Å². The van der Waals surface area contributed by atoms with Crippen molar-refractivity contribution in [3.63, 3.8) is 0 Å². The van der Waals surface area contributed by atoms with E-state index in [0.29, 0.717) is 26.0 Å². The molecule has 0 amide bonds. The third kappa shape index (κ3) is 27.3. The van der Waals surface area contributed by atoms with Crippen LogP contribution >= 0.6 is 24.8 Å². The minimum absolute atomic E-state index is 0. The quantitative estimate of drug-likeness (QED) is 0.0729. The number of esters is 1. The molecule has 0 spiro atoms. The van der Waals surface area contributed by atoms with E-state index in [2.05, 4.69) is 11.9 Å². The van der Waals surface area contributed by atoms with E-state index in [1.165, 1.54) is 89.9 Å². The monoisotopic (exact) mass is 498 g/mol. The molecular weight excluding hydrogens is 447 g/mol. The molecule has 194 valence electrons. The molecule has 8 heteroatoms. The highest BCUT2D eigenvalue weighted by molar-refractivity contribution is 5.85. The van der Waals surface area contributed by atoms with Crippen LogP contribution in [-0.4, -0.2) is 31.1 Å². The van der Waals surface area contributed by atoms with E-state index in [4.69, 9.17) is 21.9 Å². The van der Waals surface area contributed by atoms with Gasteiger partial charge in [-0.05, 0) is 19.3 Å². The molecular formula is C24H52Cl2N4O2. The maximum Gasteiger partial charge on any atom is 0.322 e. The number of aliphatic imine (C=N–C) groups is 1. The fraction of sp³-hybridized carbons (Fsp3) is 0.917. The number of carbonyl (C=O) groups is 1. The molecule has 6 N–H and O–H groups in total. The molecule has 0 bridgehead atoms. The maximum absolute atomic E-state index is 11.8. The zero-order valence-corrected chi connectivity index (χ0v) is 22.2. The van der Waals surface area contributed by atoms with E-state index in [-0.39, 0.29) is 36.7 Å². The number of nitrogens with zero attached hydrogens (tertiary/aromatic N) is 1. The van der Waals surface area contributed by atoms with Gasteiger partial charge in [0.2, 0.25) is 0 Å². The van der Waals surface area contributed by atoms with Gasteiger partial charge in [-0.3, -0.25) is 9.79 Å². The first kappa shape index (κ1) is 35.9. The molecule has 0 aromatic rings. The number of nitrogens with two attached hydrogens (primary N) is 3. The lowest BCUT2D eigenvalue weighted by Gasteiger charge is -2.11. The van der Waals surface area contributed by atoms with Crippen LogP contribution in [0.2, 0.25) is 0 Å². The van der Waals surface area contributed by atoms with Crippen LogP contribution in [0, 0.1) is 0 Å². The number of guanidine groups is 1. The Morgan fingerprint density at radius 2 is 1.12 bits per heavy atom. The highest BCUT2D eigenvalue weighted by Gasteiger charge is 2.14. The summed E-state index contributed by atoms with van der Waals surface area (Å²) in [6.07, 6.45) is 22.5. The van der Waals surface area contributed by atoms with Crippen molar-refractivity contribution in [3.05, 3.63) is 0 Å². The highest BCUT2D eigenvalue weighted by Crippen LogP contribution is 2.13. The Bertz CT molecular complexity index is 423. The van der Waals surface area contributed by atoms with Crippen LogP contribution in [0.4, 0.5) is 0 Å². The fourth-order valence-electron chi connectivity index (χ4n) is 3.57. The fourth-order valence-corrected chi connectivity index (χ4v) is 3.57. The number of unbranched alkanes of at least 4 members (excludes halogenated alkanes) is 15. The zero-order chi connectivity index (χ0) is 22.3. The molecule has 32 heavy (non-hydrogen) atoms. The van der Waals surface area contributed by atoms with Gasteiger partial charge in [0.15, 0.2) is 5.96 Å². The second kappa shape index (κ2) is 28.3. The third-order valence-corrected chi connectivity index (χ3v) is 5.51. The summed E-state index contributed by atoms with van der Waals surface area (Å²) in [5.41, 5.74) is 16.3. The Kier molecular flexibility index (Phi) is 31.7. The molecule has 0 unspecified atom stereocenters. The van der Waals surface area contributed by atoms with E-state index >= 15 is 0 Å². The summed E-state index contributed by atoms with van der Waals surface area (Å²) in [5, 5.41) is 0. The van der Waals surface area contributed by atoms with Gasteiger partial charge in [0.05, 0.1) is 6.61 Å². The molecule has 0 radical (unpaired) electrons. The number of halogens is 2. The van der Waals surface area contributed by atoms with E-state index in [0.717, 1.165) is 12.8 Å². The minimum Gasteiger partial charge on any atom is -0.465 e. The Morgan fingerprint density at radius 3 is 1.53 bits per heavy atom. The molecule has 0 rings (SSSR count). The lowest BCUT2D eigenvalue weighted by Crippen LogP contribution is -2.32. The molecule has 0 aliphatic heterocycles. The minimum atomic E-state index is -0.583. The van der Waals surface area contributed by atoms with Gasteiger partial charge >= 0.3 is 5.97 Å². The van der Waals surface area contributed by atoms with E-state index in [9.17, 15) is 4.79 Å². The molecule has 0 aromatic heterocycles. The standard InChI is InChI=1S/C24H50N4O2.2ClH/c1-2-3-4-5-6-7-8-9-10-11-12-13-14-15-16-17-21-30-23(29)22(25)19-18-20-28-24(26)27;;/h22H,2-21,25H2,1H3,(H4,26,27,28);2*1H/t22-;;/m0../s1. The molecule has 6 nitrogen and oxygen atoms in total. The van der Waals surface area contributed by atoms with Gasteiger partial charge in [-0.15, -0.1) is 24.8 Å². The third-order valence-electron chi connectivity index (χ3n) is 5.51. The molecule has 0 heterocycles. The Hall–Kier alpha value is -0.720. The van der Waals surface area contributed by atoms with Crippen molar-refractivity contribution in [3.8, 4) is 0 Å². The van der Waals surface area contributed by atoms with Gasteiger partial charge in [0.25, 0.3) is 0 Å². The van der Waals surface area contributed by atoms with Crippen molar-refractivity contribution in [2.45, 2.75) is 129 Å². The van der Waals surface area contributed by atoms with Crippen molar-refractivity contribution < 1.29 is 9.53 Å². The molecule has 0 fully saturated rings. The summed E-state index contributed by atoms with van der Waals surface area (Å²) in [7, 11) is 0. The first-order valence-electron chi connectivity index (χ1n) is 12.6. The van der Waals surface area contributed by atoms with Crippen molar-refractivity contribution in [1.29, 1.82) is 0 Å². The lowest BCUT2D eigenvalue weighted by atomic mass is 10.0. The lowest BCUT2D eigenvalue weighted by molar-refractivity contribution is -0.145. The van der Waals surface area contributed by atoms with Gasteiger partial charge in [-0.25, -0.2) is 0 Å². The summed E-state index contributed by atoms with van der Waals surface area (Å²) >= 11 is 0. The number of ether oxygens (including phenoxy) is 1. The molecule has 0 aliphatic rings. The van der Waals surface area contributed by atoms with Crippen LogP contribution in [0.5, 0.6) is 0 Å². The smallest absolute Gasteiger partial charge is 0.322 e. The maximum atomic E-state index is 11.8. The first-order chi connectivity index (χ1) is 14.6. The van der Waals surface area contributed by atoms with E-state index < -0.39 is 6.04 Å². The first-order valence-corrected chi connectivity index (χ1v) is 12.6. The predicted octanol–water partition coefficient (Wildman–Crippen LogP) is 6.02. The van der Waals surface area contributed by atoms with Gasteiger partial charge < -0.3 is 21.9 Å².